The molecule has 2 aliphatic rings. The van der Waals surface area contributed by atoms with Crippen LogP contribution in [0, 0.1) is 0 Å². The number of fused-ring (bicyclic) bond motifs is 1. The van der Waals surface area contributed by atoms with Gasteiger partial charge >= 0.3 is 0 Å². The third-order valence-electron chi connectivity index (χ3n) is 3.63. The van der Waals surface area contributed by atoms with Gasteiger partial charge in [0.05, 0.1) is 13.2 Å². The summed E-state index contributed by atoms with van der Waals surface area (Å²) in [6, 6.07) is 4.67. The zero-order valence-corrected chi connectivity index (χ0v) is 10.7. The number of hydrogen-bond donors (Lipinski definition) is 3. The molecule has 20 heavy (non-hydrogen) atoms. The molecule has 2 amide bonds. The van der Waals surface area contributed by atoms with Gasteiger partial charge in [0, 0.05) is 23.5 Å². The molecule has 1 fully saturated rings. The molecule has 0 radical (unpaired) electrons. The number of aliphatic hydroxyl groups is 1. The number of ether oxygens (including phenoxy) is 1. The molecule has 2 unspecified atom stereocenters. The van der Waals surface area contributed by atoms with Crippen LogP contribution in [0.1, 0.15) is 11.7 Å². The van der Waals surface area contributed by atoms with E-state index < -0.39 is 24.0 Å². The Morgan fingerprint density at radius 1 is 1.50 bits per heavy atom. The molecular weight excluding hydrogens is 262 g/mol. The van der Waals surface area contributed by atoms with Crippen LogP contribution in [0.5, 0.6) is 0 Å². The van der Waals surface area contributed by atoms with Gasteiger partial charge in [0.25, 0.3) is 5.91 Å². The van der Waals surface area contributed by atoms with E-state index in [2.05, 4.69) is 5.32 Å². The highest BCUT2D eigenvalue weighted by Gasteiger charge is 2.31. The number of aliphatic hydroxyl groups excluding tert-OH is 1. The van der Waals surface area contributed by atoms with E-state index in [1.807, 2.05) is 4.90 Å². The van der Waals surface area contributed by atoms with Crippen LogP contribution in [0.4, 0.5) is 11.4 Å². The Bertz CT molecular complexity index is 575. The second kappa shape index (κ2) is 4.77. The number of rotatable bonds is 2. The minimum Gasteiger partial charge on any atom is -0.378 e. The summed E-state index contributed by atoms with van der Waals surface area (Å²) in [5.74, 6) is -0.889. The van der Waals surface area contributed by atoms with Gasteiger partial charge in [-0.2, -0.15) is 0 Å². The Balaban J connectivity index is 1.93. The first-order chi connectivity index (χ1) is 9.58. The largest absolute Gasteiger partial charge is 0.378 e. The van der Waals surface area contributed by atoms with E-state index in [1.54, 1.807) is 18.2 Å². The molecule has 0 spiro atoms. The van der Waals surface area contributed by atoms with Crippen molar-refractivity contribution in [3.05, 3.63) is 23.8 Å². The van der Waals surface area contributed by atoms with Crippen LogP contribution in [0.2, 0.25) is 0 Å². The van der Waals surface area contributed by atoms with E-state index in [1.165, 1.54) is 0 Å². The second-order valence-corrected chi connectivity index (χ2v) is 4.85. The van der Waals surface area contributed by atoms with Gasteiger partial charge in [-0.3, -0.25) is 9.59 Å². The Morgan fingerprint density at radius 2 is 2.30 bits per heavy atom. The van der Waals surface area contributed by atoms with Crippen molar-refractivity contribution < 1.29 is 19.4 Å². The summed E-state index contributed by atoms with van der Waals surface area (Å²) in [7, 11) is 0. The molecule has 1 saturated heterocycles. The van der Waals surface area contributed by atoms with Gasteiger partial charge in [-0.05, 0) is 12.1 Å². The maximum Gasteiger partial charge on any atom is 0.257 e. The number of hydrogen-bond acceptors (Lipinski definition) is 5. The Kier molecular flexibility index (Phi) is 3.07. The van der Waals surface area contributed by atoms with E-state index in [4.69, 9.17) is 10.5 Å². The molecule has 4 N–H and O–H groups in total. The molecule has 2 atom stereocenters. The van der Waals surface area contributed by atoms with E-state index in [0.29, 0.717) is 24.4 Å². The molecule has 2 aliphatic heterocycles. The van der Waals surface area contributed by atoms with Gasteiger partial charge in [0.1, 0.15) is 6.04 Å². The highest BCUT2D eigenvalue weighted by Crippen LogP contribution is 2.34. The van der Waals surface area contributed by atoms with Crippen LogP contribution in [0.15, 0.2) is 18.2 Å². The third kappa shape index (κ3) is 2.00. The van der Waals surface area contributed by atoms with Crippen molar-refractivity contribution in [1.82, 2.24) is 0 Å². The SMILES string of the molecule is NC(=O)C1COCCN1c1ccc2c(c1)NC(=O)C2O. The van der Waals surface area contributed by atoms with Gasteiger partial charge in [-0.15, -0.1) is 0 Å². The van der Waals surface area contributed by atoms with Crippen molar-refractivity contribution in [2.45, 2.75) is 12.1 Å². The minimum atomic E-state index is -1.13. The number of nitrogens with one attached hydrogen (secondary N) is 1. The van der Waals surface area contributed by atoms with Crippen LogP contribution >= 0.6 is 0 Å². The zero-order chi connectivity index (χ0) is 14.3. The van der Waals surface area contributed by atoms with Crippen molar-refractivity contribution in [2.24, 2.45) is 5.73 Å². The highest BCUT2D eigenvalue weighted by atomic mass is 16.5. The number of morpholine rings is 1. The van der Waals surface area contributed by atoms with Crippen LogP contribution in [0.25, 0.3) is 0 Å². The highest BCUT2D eigenvalue weighted by molar-refractivity contribution is 6.02. The van der Waals surface area contributed by atoms with Crippen LogP contribution < -0.4 is 16.0 Å². The van der Waals surface area contributed by atoms with E-state index >= 15 is 0 Å². The predicted molar refractivity (Wildman–Crippen MR) is 71.2 cm³/mol. The Labute approximate surface area is 115 Å². The van der Waals surface area contributed by atoms with Gasteiger partial charge in [0.15, 0.2) is 6.10 Å². The molecule has 1 aromatic rings. The first-order valence-electron chi connectivity index (χ1n) is 6.34. The molecule has 0 bridgehead atoms. The lowest BCUT2D eigenvalue weighted by Crippen LogP contribution is -2.52. The Morgan fingerprint density at radius 3 is 3.05 bits per heavy atom. The topological polar surface area (TPSA) is 105 Å². The minimum absolute atomic E-state index is 0.251. The number of nitrogens with zero attached hydrogens (tertiary/aromatic N) is 1. The molecule has 7 nitrogen and oxygen atoms in total. The molecule has 0 saturated carbocycles. The number of primary amides is 1. The summed E-state index contributed by atoms with van der Waals surface area (Å²) >= 11 is 0. The van der Waals surface area contributed by atoms with Gasteiger partial charge in [0.2, 0.25) is 5.91 Å². The first-order valence-corrected chi connectivity index (χ1v) is 6.34. The molecule has 3 rings (SSSR count). The third-order valence-corrected chi connectivity index (χ3v) is 3.63. The summed E-state index contributed by atoms with van der Waals surface area (Å²) in [4.78, 5) is 24.7. The number of anilines is 2. The average Bonchev–Trinajstić information content (AvgIpc) is 2.73. The number of carbonyl (C=O) groups excluding carboxylic acids is 2. The molecule has 7 heteroatoms. The van der Waals surface area contributed by atoms with Gasteiger partial charge in [-0.1, -0.05) is 6.07 Å². The van der Waals surface area contributed by atoms with Gasteiger partial charge < -0.3 is 25.8 Å². The smallest absolute Gasteiger partial charge is 0.257 e. The number of nitrogens with two attached hydrogens (primary N) is 1. The Hall–Kier alpha value is -2.12. The monoisotopic (exact) mass is 277 g/mol. The molecule has 0 aromatic heterocycles. The van der Waals surface area contributed by atoms with E-state index in [0.717, 1.165) is 5.69 Å². The summed E-state index contributed by atoms with van der Waals surface area (Å²) < 4.78 is 5.27. The number of amides is 2. The van der Waals surface area contributed by atoms with E-state index in [9.17, 15) is 14.7 Å². The fourth-order valence-corrected chi connectivity index (χ4v) is 2.56. The van der Waals surface area contributed by atoms with Crippen molar-refractivity contribution in [2.75, 3.05) is 30.0 Å². The molecular formula is C13H15N3O4. The molecule has 106 valence electrons. The molecule has 0 aliphatic carbocycles. The average molecular weight is 277 g/mol. The molecule has 1 aromatic carbocycles. The van der Waals surface area contributed by atoms with Gasteiger partial charge in [-0.25, -0.2) is 0 Å². The normalized spacial score (nSPS) is 25.2. The summed E-state index contributed by atoms with van der Waals surface area (Å²) in [6.07, 6.45) is -1.13. The van der Waals surface area contributed by atoms with Crippen molar-refractivity contribution in [3.8, 4) is 0 Å². The maximum absolute atomic E-state index is 11.5. The summed E-state index contributed by atoms with van der Waals surface area (Å²) in [5.41, 5.74) is 7.26. The fourth-order valence-electron chi connectivity index (χ4n) is 2.56. The predicted octanol–water partition coefficient (Wildman–Crippen LogP) is -0.637. The first kappa shape index (κ1) is 12.9. The standard InChI is InChI=1S/C13H15N3O4/c14-12(18)10-6-20-4-3-16(10)7-1-2-8-9(5-7)15-13(19)11(8)17/h1-2,5,10-11,17H,3-4,6H2,(H2,14,18)(H,15,19). The van der Waals surface area contributed by atoms with Crippen LogP contribution in [-0.2, 0) is 14.3 Å². The summed E-state index contributed by atoms with van der Waals surface area (Å²) in [5, 5.41) is 12.3. The zero-order valence-electron chi connectivity index (χ0n) is 10.7. The summed E-state index contributed by atoms with van der Waals surface area (Å²) in [6.45, 7) is 1.31. The maximum atomic E-state index is 11.5. The van der Waals surface area contributed by atoms with Crippen molar-refractivity contribution >= 4 is 23.2 Å². The lowest BCUT2D eigenvalue weighted by atomic mass is 10.1. The quantitative estimate of drug-likeness (QED) is 0.667. The lowest BCUT2D eigenvalue weighted by Gasteiger charge is -2.35. The van der Waals surface area contributed by atoms with Crippen LogP contribution in [0.3, 0.4) is 0 Å². The second-order valence-electron chi connectivity index (χ2n) is 4.85. The number of benzene rings is 1. The van der Waals surface area contributed by atoms with Crippen molar-refractivity contribution in [1.29, 1.82) is 0 Å². The van der Waals surface area contributed by atoms with E-state index in [-0.39, 0.29) is 6.61 Å². The van der Waals surface area contributed by atoms with Crippen LogP contribution in [-0.4, -0.2) is 42.7 Å². The lowest BCUT2D eigenvalue weighted by molar-refractivity contribution is -0.123. The number of carbonyl (C=O) groups is 2. The fraction of sp³-hybridized carbons (Fsp3) is 0.385. The molecule has 2 heterocycles. The van der Waals surface area contributed by atoms with Crippen molar-refractivity contribution in [3.63, 3.8) is 0 Å².